The number of carbonyl (C=O) groups is 1. The van der Waals surface area contributed by atoms with E-state index in [1.54, 1.807) is 13.8 Å². The Hall–Kier alpha value is -0.880. The molecule has 1 aromatic rings. The summed E-state index contributed by atoms with van der Waals surface area (Å²) in [5, 5.41) is 9.45. The molecule has 1 heterocycles. The summed E-state index contributed by atoms with van der Waals surface area (Å²) < 4.78 is 23.2. The van der Waals surface area contributed by atoms with Gasteiger partial charge in [-0.05, 0) is 19.9 Å². The molecule has 0 saturated heterocycles. The van der Waals surface area contributed by atoms with Crippen LogP contribution in [0, 0.1) is 0 Å². The molecule has 6 heteroatoms. The molecule has 14 heavy (non-hydrogen) atoms. The molecule has 1 rings (SSSR count). The molecule has 0 atom stereocenters. The first-order valence-corrected chi connectivity index (χ1v) is 6.34. The molecule has 78 valence electrons. The molecule has 0 aliphatic rings. The van der Waals surface area contributed by atoms with Gasteiger partial charge >= 0.3 is 5.97 Å². The van der Waals surface area contributed by atoms with E-state index in [-0.39, 0.29) is 9.77 Å². The number of aromatic carboxylic acids is 1. The highest BCUT2D eigenvalue weighted by atomic mass is 32.2. The maximum Gasteiger partial charge on any atom is 0.345 e. The van der Waals surface area contributed by atoms with Crippen LogP contribution in [-0.2, 0) is 9.84 Å². The van der Waals surface area contributed by atoms with Crippen LogP contribution in [0.1, 0.15) is 23.5 Å². The Morgan fingerprint density at radius 2 is 2.07 bits per heavy atom. The second kappa shape index (κ2) is 3.70. The maximum absolute atomic E-state index is 11.6. The van der Waals surface area contributed by atoms with Gasteiger partial charge in [-0.3, -0.25) is 0 Å². The summed E-state index contributed by atoms with van der Waals surface area (Å²) in [5.74, 6) is -1.10. The number of carboxylic acids is 1. The molecule has 4 nitrogen and oxygen atoms in total. The van der Waals surface area contributed by atoms with E-state index >= 15 is 0 Å². The zero-order chi connectivity index (χ0) is 10.9. The molecule has 1 N–H and O–H groups in total. The number of thiophene rings is 1. The molecular formula is C8H10O4S2. The van der Waals surface area contributed by atoms with Crippen LogP contribution in [0.4, 0.5) is 0 Å². The smallest absolute Gasteiger partial charge is 0.345 e. The standard InChI is InChI=1S/C8H10O4S2/c1-5(2)14(11,12)6-3-7(8(9)10)13-4-6/h3-5H,1-2H3,(H,9,10). The minimum absolute atomic E-state index is 0.0456. The third kappa shape index (κ3) is 1.96. The Morgan fingerprint density at radius 3 is 2.43 bits per heavy atom. The zero-order valence-corrected chi connectivity index (χ0v) is 9.35. The molecule has 1 aromatic heterocycles. The van der Waals surface area contributed by atoms with Crippen molar-refractivity contribution in [3.8, 4) is 0 Å². The quantitative estimate of drug-likeness (QED) is 0.862. The Balaban J connectivity index is 3.16. The van der Waals surface area contributed by atoms with Crippen molar-refractivity contribution in [2.75, 3.05) is 0 Å². The van der Waals surface area contributed by atoms with Crippen molar-refractivity contribution in [1.82, 2.24) is 0 Å². The summed E-state index contributed by atoms with van der Waals surface area (Å²) >= 11 is 0.923. The molecular weight excluding hydrogens is 224 g/mol. The van der Waals surface area contributed by atoms with E-state index in [4.69, 9.17) is 5.11 Å². The van der Waals surface area contributed by atoms with Crippen molar-refractivity contribution in [2.45, 2.75) is 24.0 Å². The second-order valence-electron chi connectivity index (χ2n) is 3.05. The van der Waals surface area contributed by atoms with Crippen LogP contribution in [0.25, 0.3) is 0 Å². The van der Waals surface area contributed by atoms with E-state index in [1.807, 2.05) is 0 Å². The zero-order valence-electron chi connectivity index (χ0n) is 7.72. The Bertz CT molecular complexity index is 442. The van der Waals surface area contributed by atoms with E-state index in [0.717, 1.165) is 11.3 Å². The lowest BCUT2D eigenvalue weighted by molar-refractivity contribution is 0.0702. The minimum atomic E-state index is -3.34. The number of hydrogen-bond acceptors (Lipinski definition) is 4. The Labute approximate surface area is 86.1 Å². The van der Waals surface area contributed by atoms with Crippen molar-refractivity contribution in [3.05, 3.63) is 16.3 Å². The second-order valence-corrected chi connectivity index (χ2v) is 6.46. The van der Waals surface area contributed by atoms with Gasteiger partial charge in [0.25, 0.3) is 0 Å². The summed E-state index contributed by atoms with van der Waals surface area (Å²) in [6, 6.07) is 1.20. The van der Waals surface area contributed by atoms with Crippen molar-refractivity contribution < 1.29 is 18.3 Å². The molecule has 0 saturated carbocycles. The fourth-order valence-electron chi connectivity index (χ4n) is 0.852. The largest absolute Gasteiger partial charge is 0.477 e. The summed E-state index contributed by atoms with van der Waals surface area (Å²) in [4.78, 5) is 10.7. The van der Waals surface area contributed by atoms with Crippen molar-refractivity contribution in [2.24, 2.45) is 0 Å². The number of carboxylic acid groups (broad SMARTS) is 1. The van der Waals surface area contributed by atoms with E-state index in [2.05, 4.69) is 0 Å². The Morgan fingerprint density at radius 1 is 1.50 bits per heavy atom. The van der Waals surface area contributed by atoms with Gasteiger partial charge in [0.2, 0.25) is 0 Å². The van der Waals surface area contributed by atoms with Crippen LogP contribution < -0.4 is 0 Å². The fourth-order valence-corrected chi connectivity index (χ4v) is 3.04. The van der Waals surface area contributed by atoms with Gasteiger partial charge in [-0.25, -0.2) is 13.2 Å². The van der Waals surface area contributed by atoms with Crippen molar-refractivity contribution >= 4 is 27.1 Å². The van der Waals surface area contributed by atoms with Crippen LogP contribution in [0.5, 0.6) is 0 Å². The van der Waals surface area contributed by atoms with Gasteiger partial charge in [-0.1, -0.05) is 0 Å². The number of hydrogen-bond donors (Lipinski definition) is 1. The first-order valence-electron chi connectivity index (χ1n) is 3.91. The lowest BCUT2D eigenvalue weighted by Crippen LogP contribution is -2.13. The molecule has 0 unspecified atom stereocenters. The third-order valence-electron chi connectivity index (χ3n) is 1.74. The predicted octanol–water partition coefficient (Wildman–Crippen LogP) is 1.63. The number of sulfone groups is 1. The van der Waals surface area contributed by atoms with Crippen molar-refractivity contribution in [3.63, 3.8) is 0 Å². The molecule has 0 spiro atoms. The molecule has 0 amide bonds. The lowest BCUT2D eigenvalue weighted by Gasteiger charge is -2.03. The van der Waals surface area contributed by atoms with Gasteiger partial charge in [0.15, 0.2) is 9.84 Å². The molecule has 0 radical (unpaired) electrons. The first kappa shape index (κ1) is 11.2. The summed E-state index contributed by atoms with van der Waals surface area (Å²) in [6.07, 6.45) is 0. The summed E-state index contributed by atoms with van der Waals surface area (Å²) in [5.41, 5.74) is 0. The topological polar surface area (TPSA) is 71.4 Å². The van der Waals surface area contributed by atoms with Crippen LogP contribution in [0.3, 0.4) is 0 Å². The highest BCUT2D eigenvalue weighted by Gasteiger charge is 2.21. The van der Waals surface area contributed by atoms with Crippen LogP contribution in [0.2, 0.25) is 0 Å². The van der Waals surface area contributed by atoms with E-state index in [9.17, 15) is 13.2 Å². The molecule has 0 aliphatic carbocycles. The predicted molar refractivity (Wildman–Crippen MR) is 53.6 cm³/mol. The van der Waals surface area contributed by atoms with Gasteiger partial charge in [0.1, 0.15) is 4.88 Å². The third-order valence-corrected chi connectivity index (χ3v) is 4.94. The van der Waals surface area contributed by atoms with Gasteiger partial charge in [-0.15, -0.1) is 11.3 Å². The maximum atomic E-state index is 11.6. The van der Waals surface area contributed by atoms with Crippen LogP contribution >= 0.6 is 11.3 Å². The molecule has 0 bridgehead atoms. The molecule has 0 aliphatic heterocycles. The molecule has 0 fully saturated rings. The van der Waals surface area contributed by atoms with E-state index in [0.29, 0.717) is 0 Å². The fraction of sp³-hybridized carbons (Fsp3) is 0.375. The lowest BCUT2D eigenvalue weighted by atomic mass is 10.5. The highest BCUT2D eigenvalue weighted by molar-refractivity contribution is 7.92. The van der Waals surface area contributed by atoms with E-state index in [1.165, 1.54) is 11.4 Å². The van der Waals surface area contributed by atoms with Gasteiger partial charge in [0.05, 0.1) is 10.1 Å². The van der Waals surface area contributed by atoms with E-state index < -0.39 is 21.1 Å². The highest BCUT2D eigenvalue weighted by Crippen LogP contribution is 2.22. The summed E-state index contributed by atoms with van der Waals surface area (Å²) in [7, 11) is -3.34. The Kier molecular flexibility index (Phi) is 2.96. The van der Waals surface area contributed by atoms with Crippen molar-refractivity contribution in [1.29, 1.82) is 0 Å². The van der Waals surface area contributed by atoms with Gasteiger partial charge in [-0.2, -0.15) is 0 Å². The first-order chi connectivity index (χ1) is 6.35. The summed E-state index contributed by atoms with van der Waals surface area (Å²) in [6.45, 7) is 3.13. The SMILES string of the molecule is CC(C)S(=O)(=O)c1csc(C(=O)O)c1. The van der Waals surface area contributed by atoms with Gasteiger partial charge < -0.3 is 5.11 Å². The number of rotatable bonds is 3. The average Bonchev–Trinajstić information content (AvgIpc) is 2.51. The van der Waals surface area contributed by atoms with Gasteiger partial charge in [0, 0.05) is 5.38 Å². The monoisotopic (exact) mass is 234 g/mol. The average molecular weight is 234 g/mol. The normalized spacial score (nSPS) is 11.9. The van der Waals surface area contributed by atoms with Crippen LogP contribution in [-0.4, -0.2) is 24.7 Å². The minimum Gasteiger partial charge on any atom is -0.477 e. The van der Waals surface area contributed by atoms with Crippen LogP contribution in [0.15, 0.2) is 16.3 Å². The molecule has 0 aromatic carbocycles.